The number of halogens is 1. The maximum atomic E-state index is 12.5. The van der Waals surface area contributed by atoms with Gasteiger partial charge in [-0.15, -0.1) is 0 Å². The first-order valence-electron chi connectivity index (χ1n) is 8.13. The molecule has 0 fully saturated rings. The highest BCUT2D eigenvalue weighted by Crippen LogP contribution is 2.45. The van der Waals surface area contributed by atoms with Gasteiger partial charge in [-0.1, -0.05) is 29.8 Å². The number of carbonyl (C=O) groups is 2. The summed E-state index contributed by atoms with van der Waals surface area (Å²) >= 11 is 6.41. The number of anilines is 1. The molecular formula is C19H18ClNO6. The summed E-state index contributed by atoms with van der Waals surface area (Å²) in [5.74, 6) is -0.807. The molecule has 1 aliphatic heterocycles. The van der Waals surface area contributed by atoms with Crippen molar-refractivity contribution in [3.63, 3.8) is 0 Å². The van der Waals surface area contributed by atoms with Crippen LogP contribution in [0.2, 0.25) is 5.02 Å². The number of para-hydroxylation sites is 1. The smallest absolute Gasteiger partial charge is 0.306 e. The molecule has 3 rings (SSSR count). The number of amides is 1. The van der Waals surface area contributed by atoms with Crippen LogP contribution in [-0.2, 0) is 14.3 Å². The van der Waals surface area contributed by atoms with E-state index in [4.69, 9.17) is 30.9 Å². The zero-order valence-corrected chi connectivity index (χ0v) is 15.4. The van der Waals surface area contributed by atoms with Crippen LogP contribution in [0.15, 0.2) is 36.4 Å². The molecule has 0 aromatic heterocycles. The molecule has 1 heterocycles. The van der Waals surface area contributed by atoms with E-state index in [0.29, 0.717) is 33.3 Å². The first-order chi connectivity index (χ1) is 13.0. The number of ether oxygens (including phenoxy) is 3. The molecule has 7 nitrogen and oxygen atoms in total. The standard InChI is InChI=1S/C19H18ClNO6/c1-25-13-8-3-5-10(17(13)26-2)18-16-11(20)6-4-7-12(16)21-19(24)14(27-18)9-15(22)23/h3-8,14,18H,9H2,1-2H3,(H,21,24)(H,22,23)/t14-,18-/m0/s1. The van der Waals surface area contributed by atoms with Crippen molar-refractivity contribution in [2.75, 3.05) is 19.5 Å². The van der Waals surface area contributed by atoms with Gasteiger partial charge in [-0.3, -0.25) is 9.59 Å². The Morgan fingerprint density at radius 3 is 2.63 bits per heavy atom. The molecular weight excluding hydrogens is 374 g/mol. The number of carbonyl (C=O) groups excluding carboxylic acids is 1. The molecule has 0 spiro atoms. The van der Waals surface area contributed by atoms with Crippen LogP contribution in [0.5, 0.6) is 11.5 Å². The van der Waals surface area contributed by atoms with Crippen molar-refractivity contribution in [3.05, 3.63) is 52.5 Å². The molecule has 0 radical (unpaired) electrons. The first kappa shape index (κ1) is 19.0. The molecule has 2 aromatic rings. The summed E-state index contributed by atoms with van der Waals surface area (Å²) in [6.45, 7) is 0. The van der Waals surface area contributed by atoms with Gasteiger partial charge in [0.1, 0.15) is 12.2 Å². The Hall–Kier alpha value is -2.77. The van der Waals surface area contributed by atoms with Crippen LogP contribution in [0.4, 0.5) is 5.69 Å². The van der Waals surface area contributed by atoms with Crippen LogP contribution in [-0.4, -0.2) is 37.3 Å². The molecule has 1 amide bonds. The number of hydrogen-bond acceptors (Lipinski definition) is 5. The van der Waals surface area contributed by atoms with Crippen molar-refractivity contribution in [2.45, 2.75) is 18.6 Å². The lowest BCUT2D eigenvalue weighted by Crippen LogP contribution is -2.31. The van der Waals surface area contributed by atoms with Gasteiger partial charge in [0.05, 0.1) is 20.6 Å². The van der Waals surface area contributed by atoms with Gasteiger partial charge < -0.3 is 24.6 Å². The number of hydrogen-bond donors (Lipinski definition) is 2. The zero-order valence-electron chi connectivity index (χ0n) is 14.7. The van der Waals surface area contributed by atoms with Gasteiger partial charge in [0, 0.05) is 21.8 Å². The van der Waals surface area contributed by atoms with Crippen LogP contribution in [0, 0.1) is 0 Å². The Bertz CT molecular complexity index is 884. The number of fused-ring (bicyclic) bond motifs is 1. The van der Waals surface area contributed by atoms with Gasteiger partial charge in [0.2, 0.25) is 0 Å². The number of rotatable bonds is 5. The van der Waals surface area contributed by atoms with Gasteiger partial charge in [-0.05, 0) is 18.2 Å². The molecule has 2 aromatic carbocycles. The lowest BCUT2D eigenvalue weighted by molar-refractivity contribution is -0.146. The highest BCUT2D eigenvalue weighted by molar-refractivity contribution is 6.32. The van der Waals surface area contributed by atoms with Crippen LogP contribution in [0.3, 0.4) is 0 Å². The highest BCUT2D eigenvalue weighted by atomic mass is 35.5. The second-order valence-corrected chi connectivity index (χ2v) is 6.28. The van der Waals surface area contributed by atoms with E-state index in [1.54, 1.807) is 36.4 Å². The number of carboxylic acid groups (broad SMARTS) is 1. The molecule has 27 heavy (non-hydrogen) atoms. The SMILES string of the molecule is COc1cccc([C@@H]2O[C@@H](CC(=O)O)C(=O)Nc3cccc(Cl)c32)c1OC. The zero-order chi connectivity index (χ0) is 19.6. The van der Waals surface area contributed by atoms with Crippen molar-refractivity contribution in [3.8, 4) is 11.5 Å². The van der Waals surface area contributed by atoms with Crippen LogP contribution < -0.4 is 14.8 Å². The van der Waals surface area contributed by atoms with Crippen LogP contribution >= 0.6 is 11.6 Å². The Balaban J connectivity index is 2.20. The minimum Gasteiger partial charge on any atom is -0.493 e. The molecule has 0 aliphatic carbocycles. The Morgan fingerprint density at radius 1 is 1.22 bits per heavy atom. The minimum atomic E-state index is -1.20. The van der Waals surface area contributed by atoms with Crippen LogP contribution in [0.1, 0.15) is 23.7 Å². The Labute approximate surface area is 160 Å². The van der Waals surface area contributed by atoms with Gasteiger partial charge in [0.15, 0.2) is 11.5 Å². The van der Waals surface area contributed by atoms with Gasteiger partial charge in [-0.25, -0.2) is 0 Å². The van der Waals surface area contributed by atoms with E-state index in [9.17, 15) is 9.59 Å². The third-order valence-corrected chi connectivity index (χ3v) is 4.57. The summed E-state index contributed by atoms with van der Waals surface area (Å²) in [7, 11) is 3.00. The van der Waals surface area contributed by atoms with E-state index in [2.05, 4.69) is 5.32 Å². The summed E-state index contributed by atoms with van der Waals surface area (Å²) in [5.41, 5.74) is 1.54. The monoisotopic (exact) mass is 391 g/mol. The topological polar surface area (TPSA) is 94.1 Å². The maximum absolute atomic E-state index is 12.5. The molecule has 0 unspecified atom stereocenters. The fraction of sp³-hybridized carbons (Fsp3) is 0.263. The largest absolute Gasteiger partial charge is 0.493 e. The lowest BCUT2D eigenvalue weighted by Gasteiger charge is -2.24. The average molecular weight is 392 g/mol. The van der Waals surface area contributed by atoms with Gasteiger partial charge in [0.25, 0.3) is 5.91 Å². The van der Waals surface area contributed by atoms with Crippen LogP contribution in [0.25, 0.3) is 0 Å². The lowest BCUT2D eigenvalue weighted by atomic mass is 9.98. The van der Waals surface area contributed by atoms with E-state index in [0.717, 1.165) is 0 Å². The summed E-state index contributed by atoms with van der Waals surface area (Å²) in [6.07, 6.45) is -2.52. The minimum absolute atomic E-state index is 0.374. The van der Waals surface area contributed by atoms with E-state index < -0.39 is 30.5 Å². The predicted octanol–water partition coefficient (Wildman–Crippen LogP) is 3.26. The molecule has 142 valence electrons. The number of methoxy groups -OCH3 is 2. The van der Waals surface area contributed by atoms with E-state index in [1.807, 2.05) is 0 Å². The fourth-order valence-corrected chi connectivity index (χ4v) is 3.34. The maximum Gasteiger partial charge on any atom is 0.306 e. The number of carboxylic acids is 1. The summed E-state index contributed by atoms with van der Waals surface area (Å²) in [4.78, 5) is 23.7. The molecule has 0 bridgehead atoms. The van der Waals surface area contributed by atoms with Crippen molar-refractivity contribution in [1.29, 1.82) is 0 Å². The summed E-state index contributed by atoms with van der Waals surface area (Å²) in [6, 6.07) is 10.3. The number of benzene rings is 2. The van der Waals surface area contributed by atoms with Gasteiger partial charge >= 0.3 is 5.97 Å². The quantitative estimate of drug-likeness (QED) is 0.812. The van der Waals surface area contributed by atoms with Crippen molar-refractivity contribution in [2.24, 2.45) is 0 Å². The number of aliphatic carboxylic acids is 1. The third-order valence-electron chi connectivity index (χ3n) is 4.24. The molecule has 1 aliphatic rings. The Kier molecular flexibility index (Phi) is 5.53. The summed E-state index contributed by atoms with van der Waals surface area (Å²) in [5, 5.41) is 12.2. The van der Waals surface area contributed by atoms with Crippen molar-refractivity contribution >= 4 is 29.2 Å². The third kappa shape index (κ3) is 3.70. The molecule has 0 saturated heterocycles. The second kappa shape index (κ2) is 7.85. The van der Waals surface area contributed by atoms with Gasteiger partial charge in [-0.2, -0.15) is 0 Å². The average Bonchev–Trinajstić information content (AvgIpc) is 2.78. The predicted molar refractivity (Wildman–Crippen MR) is 98.6 cm³/mol. The second-order valence-electron chi connectivity index (χ2n) is 5.88. The van der Waals surface area contributed by atoms with Crippen molar-refractivity contribution < 1.29 is 28.9 Å². The molecule has 0 saturated carbocycles. The highest BCUT2D eigenvalue weighted by Gasteiger charge is 2.36. The van der Waals surface area contributed by atoms with E-state index >= 15 is 0 Å². The van der Waals surface area contributed by atoms with E-state index in [-0.39, 0.29) is 0 Å². The van der Waals surface area contributed by atoms with E-state index in [1.165, 1.54) is 14.2 Å². The van der Waals surface area contributed by atoms with Crippen molar-refractivity contribution in [1.82, 2.24) is 0 Å². The molecule has 8 heteroatoms. The number of nitrogens with one attached hydrogen (secondary N) is 1. The fourth-order valence-electron chi connectivity index (χ4n) is 3.07. The molecule has 2 atom stereocenters. The molecule has 2 N–H and O–H groups in total. The summed E-state index contributed by atoms with van der Waals surface area (Å²) < 4.78 is 16.8. The first-order valence-corrected chi connectivity index (χ1v) is 8.51. The Morgan fingerprint density at radius 2 is 1.96 bits per heavy atom. The normalized spacial score (nSPS) is 18.9.